The first-order valence-corrected chi connectivity index (χ1v) is 4.95. The smallest absolute Gasteiger partial charge is 0.0933 e. The van der Waals surface area contributed by atoms with Crippen molar-refractivity contribution >= 4 is 0 Å². The van der Waals surface area contributed by atoms with E-state index in [0.717, 1.165) is 13.2 Å². The van der Waals surface area contributed by atoms with Crippen LogP contribution in [-0.4, -0.2) is 21.7 Å². The minimum absolute atomic E-state index is 0.648. The zero-order valence-corrected chi connectivity index (χ0v) is 8.62. The summed E-state index contributed by atoms with van der Waals surface area (Å²) in [7, 11) is 2.13. The number of aromatic nitrogens is 2. The van der Waals surface area contributed by atoms with E-state index in [9.17, 15) is 0 Å². The lowest BCUT2D eigenvalue weighted by Crippen LogP contribution is -2.11. The molecule has 0 aliphatic carbocycles. The van der Waals surface area contributed by atoms with Gasteiger partial charge in [0.2, 0.25) is 0 Å². The zero-order chi connectivity index (χ0) is 9.42. The molecule has 0 bridgehead atoms. The summed E-state index contributed by atoms with van der Waals surface area (Å²) in [6.07, 6.45) is 3.24. The lowest BCUT2D eigenvalue weighted by atomic mass is 9.99. The molecule has 0 saturated heterocycles. The van der Waals surface area contributed by atoms with E-state index in [1.54, 1.807) is 0 Å². The topological polar surface area (TPSA) is 21.1 Å². The van der Waals surface area contributed by atoms with E-state index in [-0.39, 0.29) is 0 Å². The molecule has 13 heavy (non-hydrogen) atoms. The summed E-state index contributed by atoms with van der Waals surface area (Å²) in [5.41, 5.74) is 2.85. The van der Waals surface area contributed by atoms with Crippen molar-refractivity contribution in [2.75, 3.05) is 7.05 Å². The molecule has 0 N–H and O–H groups in total. The minimum atomic E-state index is 0.648. The van der Waals surface area contributed by atoms with Crippen LogP contribution in [0.1, 0.15) is 37.4 Å². The normalized spacial score (nSPS) is 19.0. The average molecular weight is 179 g/mol. The second-order valence-electron chi connectivity index (χ2n) is 4.01. The highest BCUT2D eigenvalue weighted by molar-refractivity contribution is 5.23. The van der Waals surface area contributed by atoms with E-state index in [2.05, 4.69) is 35.6 Å². The van der Waals surface area contributed by atoms with E-state index in [4.69, 9.17) is 0 Å². The molecule has 0 saturated carbocycles. The molecule has 1 aromatic heterocycles. The molecule has 3 heteroatoms. The highest BCUT2D eigenvalue weighted by Gasteiger charge is 2.21. The third kappa shape index (κ3) is 1.37. The van der Waals surface area contributed by atoms with Gasteiger partial charge in [0, 0.05) is 6.54 Å². The van der Waals surface area contributed by atoms with E-state index < -0.39 is 0 Å². The van der Waals surface area contributed by atoms with Gasteiger partial charge < -0.3 is 0 Å². The maximum absolute atomic E-state index is 4.39. The minimum Gasteiger partial charge on any atom is -0.282 e. The largest absolute Gasteiger partial charge is 0.282 e. The van der Waals surface area contributed by atoms with Crippen LogP contribution in [0.5, 0.6) is 0 Å². The fraction of sp³-hybridized carbons (Fsp3) is 0.700. The molecule has 0 amide bonds. The fourth-order valence-corrected chi connectivity index (χ4v) is 1.89. The molecular weight excluding hydrogens is 162 g/mol. The van der Waals surface area contributed by atoms with Gasteiger partial charge in [-0.1, -0.05) is 13.8 Å². The maximum Gasteiger partial charge on any atom is 0.0933 e. The molecule has 72 valence electrons. The van der Waals surface area contributed by atoms with Crippen molar-refractivity contribution in [3.63, 3.8) is 0 Å². The summed E-state index contributed by atoms with van der Waals surface area (Å²) >= 11 is 0. The number of nitrogens with zero attached hydrogens (tertiary/aromatic N) is 3. The summed E-state index contributed by atoms with van der Waals surface area (Å²) in [6.45, 7) is 6.51. The maximum atomic E-state index is 4.39. The molecular formula is C10H17N3. The van der Waals surface area contributed by atoms with Crippen LogP contribution in [0.15, 0.2) is 6.20 Å². The Bertz CT molecular complexity index is 303. The number of rotatable bonds is 2. The van der Waals surface area contributed by atoms with Crippen LogP contribution in [0, 0.1) is 0 Å². The highest BCUT2D eigenvalue weighted by atomic mass is 15.4. The van der Waals surface area contributed by atoms with E-state index in [0.29, 0.717) is 5.92 Å². The van der Waals surface area contributed by atoms with Crippen LogP contribution in [0.3, 0.4) is 0 Å². The molecule has 2 rings (SSSR count). The SMILES string of the molecule is CCC(C)c1cnn2c1CN(C)C2. The van der Waals surface area contributed by atoms with Crippen LogP contribution in [0.2, 0.25) is 0 Å². The van der Waals surface area contributed by atoms with Crippen LogP contribution in [0.25, 0.3) is 0 Å². The highest BCUT2D eigenvalue weighted by Crippen LogP contribution is 2.26. The van der Waals surface area contributed by atoms with E-state index in [1.807, 2.05) is 6.20 Å². The molecule has 1 aliphatic rings. The standard InChI is InChI=1S/C10H17N3/c1-4-8(2)9-5-11-13-7-12(3)6-10(9)13/h5,8H,4,6-7H2,1-3H3. The third-order valence-corrected chi connectivity index (χ3v) is 2.92. The lowest BCUT2D eigenvalue weighted by Gasteiger charge is -2.08. The molecule has 1 aliphatic heterocycles. The van der Waals surface area contributed by atoms with Crippen molar-refractivity contribution in [2.24, 2.45) is 0 Å². The van der Waals surface area contributed by atoms with Crippen LogP contribution >= 0.6 is 0 Å². The molecule has 1 atom stereocenters. The Hall–Kier alpha value is -0.830. The Morgan fingerprint density at radius 1 is 1.62 bits per heavy atom. The second kappa shape index (κ2) is 3.14. The third-order valence-electron chi connectivity index (χ3n) is 2.92. The molecule has 1 aromatic rings. The van der Waals surface area contributed by atoms with Gasteiger partial charge in [0.05, 0.1) is 18.6 Å². The quantitative estimate of drug-likeness (QED) is 0.690. The summed E-state index contributed by atoms with van der Waals surface area (Å²) in [6, 6.07) is 0. The molecule has 3 nitrogen and oxygen atoms in total. The lowest BCUT2D eigenvalue weighted by molar-refractivity contribution is 0.306. The van der Waals surface area contributed by atoms with Gasteiger partial charge in [-0.2, -0.15) is 5.10 Å². The van der Waals surface area contributed by atoms with Crippen LogP contribution in [0.4, 0.5) is 0 Å². The zero-order valence-electron chi connectivity index (χ0n) is 8.62. The number of hydrogen-bond acceptors (Lipinski definition) is 2. The Morgan fingerprint density at radius 2 is 2.38 bits per heavy atom. The van der Waals surface area contributed by atoms with Crippen molar-refractivity contribution in [1.29, 1.82) is 0 Å². The van der Waals surface area contributed by atoms with Gasteiger partial charge in [0.25, 0.3) is 0 Å². The molecule has 1 unspecified atom stereocenters. The predicted octanol–water partition coefficient (Wildman–Crippen LogP) is 1.80. The van der Waals surface area contributed by atoms with Gasteiger partial charge in [0.1, 0.15) is 0 Å². The number of fused-ring (bicyclic) bond motifs is 1. The molecule has 0 radical (unpaired) electrons. The second-order valence-corrected chi connectivity index (χ2v) is 4.01. The van der Waals surface area contributed by atoms with Gasteiger partial charge in [-0.15, -0.1) is 0 Å². The molecule has 2 heterocycles. The van der Waals surface area contributed by atoms with Crippen molar-refractivity contribution in [2.45, 2.75) is 39.4 Å². The summed E-state index contributed by atoms with van der Waals surface area (Å²) in [4.78, 5) is 2.29. The monoisotopic (exact) mass is 179 g/mol. The predicted molar refractivity (Wildman–Crippen MR) is 52.4 cm³/mol. The molecule has 0 aromatic carbocycles. The Kier molecular flexibility index (Phi) is 2.12. The summed E-state index contributed by atoms with van der Waals surface area (Å²) < 4.78 is 2.11. The number of hydrogen-bond donors (Lipinski definition) is 0. The van der Waals surface area contributed by atoms with Crippen LogP contribution < -0.4 is 0 Å². The first-order valence-electron chi connectivity index (χ1n) is 4.95. The van der Waals surface area contributed by atoms with Gasteiger partial charge in [-0.25, -0.2) is 0 Å². The fourth-order valence-electron chi connectivity index (χ4n) is 1.89. The Labute approximate surface area is 79.3 Å². The first kappa shape index (κ1) is 8.75. The molecule has 0 fully saturated rings. The first-order chi connectivity index (χ1) is 6.22. The summed E-state index contributed by atoms with van der Waals surface area (Å²) in [5, 5.41) is 4.39. The Balaban J connectivity index is 2.30. The van der Waals surface area contributed by atoms with Crippen molar-refractivity contribution < 1.29 is 0 Å². The Morgan fingerprint density at radius 3 is 3.08 bits per heavy atom. The van der Waals surface area contributed by atoms with Crippen molar-refractivity contribution in [3.8, 4) is 0 Å². The van der Waals surface area contributed by atoms with Crippen LogP contribution in [-0.2, 0) is 13.2 Å². The van der Waals surface area contributed by atoms with Gasteiger partial charge in [-0.3, -0.25) is 9.58 Å². The van der Waals surface area contributed by atoms with Crippen molar-refractivity contribution in [1.82, 2.24) is 14.7 Å². The van der Waals surface area contributed by atoms with E-state index in [1.165, 1.54) is 17.7 Å². The summed E-state index contributed by atoms with van der Waals surface area (Å²) in [5.74, 6) is 0.648. The van der Waals surface area contributed by atoms with Gasteiger partial charge in [0.15, 0.2) is 0 Å². The van der Waals surface area contributed by atoms with Gasteiger partial charge in [-0.05, 0) is 24.9 Å². The van der Waals surface area contributed by atoms with E-state index >= 15 is 0 Å². The van der Waals surface area contributed by atoms with Crippen molar-refractivity contribution in [3.05, 3.63) is 17.5 Å². The molecule has 0 spiro atoms. The van der Waals surface area contributed by atoms with Gasteiger partial charge >= 0.3 is 0 Å². The average Bonchev–Trinajstić information content (AvgIpc) is 2.61.